The third-order valence-electron chi connectivity index (χ3n) is 3.97. The van der Waals surface area contributed by atoms with Crippen molar-refractivity contribution < 1.29 is 4.79 Å². The fraction of sp³-hybridized carbons (Fsp3) is 0.917. The molecule has 4 heteroatoms. The van der Waals surface area contributed by atoms with Crippen molar-refractivity contribution in [3.63, 3.8) is 0 Å². The Labute approximate surface area is 97.8 Å². The normalized spacial score (nSPS) is 32.9. The number of carbonyl (C=O) groups is 1. The minimum Gasteiger partial charge on any atom is -0.338 e. The molecule has 1 saturated carbocycles. The van der Waals surface area contributed by atoms with E-state index in [1.165, 1.54) is 12.8 Å². The monoisotopic (exact) mass is 225 g/mol. The van der Waals surface area contributed by atoms with Crippen molar-refractivity contribution in [3.8, 4) is 0 Å². The van der Waals surface area contributed by atoms with Crippen LogP contribution in [0.4, 0.5) is 0 Å². The highest BCUT2D eigenvalue weighted by atomic mass is 16.2. The summed E-state index contributed by atoms with van der Waals surface area (Å²) in [4.78, 5) is 16.7. The number of nitrogens with zero attached hydrogens (tertiary/aromatic N) is 2. The lowest BCUT2D eigenvalue weighted by atomic mass is 10.1. The first kappa shape index (κ1) is 11.9. The first-order valence-corrected chi connectivity index (χ1v) is 6.37. The molecule has 1 heterocycles. The Hall–Kier alpha value is -0.610. The lowest BCUT2D eigenvalue weighted by Gasteiger charge is -2.30. The molecular weight excluding hydrogens is 202 g/mol. The molecule has 2 unspecified atom stereocenters. The van der Waals surface area contributed by atoms with Crippen molar-refractivity contribution in [2.75, 3.05) is 20.1 Å². The zero-order chi connectivity index (χ0) is 11.7. The van der Waals surface area contributed by atoms with Gasteiger partial charge in [-0.2, -0.15) is 0 Å². The summed E-state index contributed by atoms with van der Waals surface area (Å²) in [7, 11) is 2.05. The molecule has 0 radical (unpaired) electrons. The zero-order valence-electron chi connectivity index (χ0n) is 10.4. The summed E-state index contributed by atoms with van der Waals surface area (Å²) in [6.07, 6.45) is 4.25. The van der Waals surface area contributed by atoms with Gasteiger partial charge in [0.25, 0.3) is 0 Å². The first-order chi connectivity index (χ1) is 7.65. The van der Waals surface area contributed by atoms with Gasteiger partial charge in [0.1, 0.15) is 0 Å². The Balaban J connectivity index is 2.12. The van der Waals surface area contributed by atoms with E-state index in [2.05, 4.69) is 23.8 Å². The van der Waals surface area contributed by atoms with Gasteiger partial charge in [-0.25, -0.2) is 0 Å². The van der Waals surface area contributed by atoms with Crippen molar-refractivity contribution in [2.45, 2.75) is 50.7 Å². The van der Waals surface area contributed by atoms with E-state index in [0.29, 0.717) is 24.5 Å². The minimum atomic E-state index is 0.00287. The van der Waals surface area contributed by atoms with E-state index in [1.54, 1.807) is 0 Å². The second-order valence-electron chi connectivity index (χ2n) is 5.16. The van der Waals surface area contributed by atoms with Crippen LogP contribution in [0, 0.1) is 0 Å². The maximum Gasteiger partial charge on any atom is 0.240 e. The first-order valence-electron chi connectivity index (χ1n) is 6.37. The summed E-state index contributed by atoms with van der Waals surface area (Å²) >= 11 is 0. The van der Waals surface area contributed by atoms with Gasteiger partial charge in [-0.05, 0) is 46.2 Å². The van der Waals surface area contributed by atoms with Gasteiger partial charge in [-0.3, -0.25) is 9.69 Å². The quantitative estimate of drug-likeness (QED) is 0.757. The summed E-state index contributed by atoms with van der Waals surface area (Å²) < 4.78 is 0. The Bertz CT molecular complexity index is 265. The Morgan fingerprint density at radius 2 is 2.06 bits per heavy atom. The number of amides is 1. The number of likely N-dealkylation sites (N-methyl/N-ethyl adjacent to an activating group) is 1. The van der Waals surface area contributed by atoms with Crippen molar-refractivity contribution in [1.29, 1.82) is 0 Å². The van der Waals surface area contributed by atoms with Gasteiger partial charge in [0, 0.05) is 18.6 Å². The van der Waals surface area contributed by atoms with Gasteiger partial charge in [0.05, 0.1) is 6.04 Å². The summed E-state index contributed by atoms with van der Waals surface area (Å²) in [6, 6.07) is 1.01. The van der Waals surface area contributed by atoms with Gasteiger partial charge >= 0.3 is 0 Å². The molecule has 1 amide bonds. The van der Waals surface area contributed by atoms with Gasteiger partial charge in [0.2, 0.25) is 5.91 Å². The van der Waals surface area contributed by atoms with Crippen molar-refractivity contribution >= 4 is 5.91 Å². The van der Waals surface area contributed by atoms with Crippen molar-refractivity contribution in [3.05, 3.63) is 0 Å². The second-order valence-corrected chi connectivity index (χ2v) is 5.16. The van der Waals surface area contributed by atoms with E-state index in [9.17, 15) is 4.79 Å². The number of hydrogen-bond donors (Lipinski definition) is 1. The maximum absolute atomic E-state index is 12.4. The highest BCUT2D eigenvalue weighted by Crippen LogP contribution is 2.30. The summed E-state index contributed by atoms with van der Waals surface area (Å²) in [6.45, 7) is 3.72. The number of hydrogen-bond acceptors (Lipinski definition) is 3. The van der Waals surface area contributed by atoms with E-state index in [-0.39, 0.29) is 6.04 Å². The predicted octanol–water partition coefficient (Wildman–Crippen LogP) is 0.419. The summed E-state index contributed by atoms with van der Waals surface area (Å²) in [5.41, 5.74) is 5.62. The van der Waals surface area contributed by atoms with Crippen LogP contribution in [-0.2, 0) is 4.79 Å². The van der Waals surface area contributed by atoms with Crippen molar-refractivity contribution in [1.82, 2.24) is 9.80 Å². The van der Waals surface area contributed by atoms with Gasteiger partial charge in [0.15, 0.2) is 0 Å². The fourth-order valence-electron chi connectivity index (χ4n) is 2.55. The maximum atomic E-state index is 12.4. The Kier molecular flexibility index (Phi) is 3.50. The van der Waals surface area contributed by atoms with Gasteiger partial charge in [-0.15, -0.1) is 0 Å². The Morgan fingerprint density at radius 1 is 1.38 bits per heavy atom. The van der Waals surface area contributed by atoms with E-state index in [4.69, 9.17) is 5.73 Å². The van der Waals surface area contributed by atoms with Crippen LogP contribution in [0.1, 0.15) is 32.6 Å². The lowest BCUT2D eigenvalue weighted by molar-refractivity contribution is -0.136. The third kappa shape index (κ3) is 2.23. The number of nitrogens with two attached hydrogens (primary N) is 1. The lowest BCUT2D eigenvalue weighted by Crippen LogP contribution is -2.47. The molecule has 0 aromatic rings. The largest absolute Gasteiger partial charge is 0.338 e. The van der Waals surface area contributed by atoms with Crippen molar-refractivity contribution in [2.24, 2.45) is 5.73 Å². The predicted molar refractivity (Wildman–Crippen MR) is 64.0 cm³/mol. The van der Waals surface area contributed by atoms with Crippen LogP contribution in [0.2, 0.25) is 0 Å². The van der Waals surface area contributed by atoms with E-state index in [0.717, 1.165) is 19.4 Å². The molecule has 4 nitrogen and oxygen atoms in total. The molecule has 1 aliphatic carbocycles. The molecule has 0 aromatic heterocycles. The van der Waals surface area contributed by atoms with Gasteiger partial charge in [-0.1, -0.05) is 0 Å². The van der Waals surface area contributed by atoms with Crippen LogP contribution >= 0.6 is 0 Å². The second kappa shape index (κ2) is 4.72. The van der Waals surface area contributed by atoms with E-state index in [1.807, 2.05) is 0 Å². The number of rotatable bonds is 3. The molecule has 2 aliphatic rings. The standard InChI is InChI=1S/C12H23N3O/c1-9-6-8-15(10-3-4-10)12(16)11(5-7-13)14(9)2/h9-11H,3-8,13H2,1-2H3. The molecule has 1 saturated heterocycles. The summed E-state index contributed by atoms with van der Waals surface area (Å²) in [5, 5.41) is 0. The SMILES string of the molecule is CC1CCN(C2CC2)C(=O)C(CCN)N1C. The molecule has 2 rings (SSSR count). The van der Waals surface area contributed by atoms with E-state index < -0.39 is 0 Å². The van der Waals surface area contributed by atoms with Crippen LogP contribution in [0.15, 0.2) is 0 Å². The molecule has 92 valence electrons. The molecule has 2 N–H and O–H groups in total. The molecule has 0 spiro atoms. The third-order valence-corrected chi connectivity index (χ3v) is 3.97. The van der Waals surface area contributed by atoms with Crippen LogP contribution in [0.25, 0.3) is 0 Å². The van der Waals surface area contributed by atoms with Crippen LogP contribution in [-0.4, -0.2) is 54.0 Å². The minimum absolute atomic E-state index is 0.00287. The van der Waals surface area contributed by atoms with Gasteiger partial charge < -0.3 is 10.6 Å². The zero-order valence-corrected chi connectivity index (χ0v) is 10.4. The summed E-state index contributed by atoms with van der Waals surface area (Å²) in [5.74, 6) is 0.305. The highest BCUT2D eigenvalue weighted by Gasteiger charge is 2.39. The molecule has 1 aliphatic heterocycles. The Morgan fingerprint density at radius 3 is 2.62 bits per heavy atom. The molecule has 0 aromatic carbocycles. The average Bonchev–Trinajstić information content (AvgIpc) is 3.08. The number of carbonyl (C=O) groups excluding carboxylic acids is 1. The highest BCUT2D eigenvalue weighted by molar-refractivity contribution is 5.82. The fourth-order valence-corrected chi connectivity index (χ4v) is 2.55. The molecular formula is C12H23N3O. The molecule has 2 atom stereocenters. The average molecular weight is 225 g/mol. The smallest absolute Gasteiger partial charge is 0.240 e. The van der Waals surface area contributed by atoms with E-state index >= 15 is 0 Å². The van der Waals surface area contributed by atoms with Crippen LogP contribution < -0.4 is 5.73 Å². The van der Waals surface area contributed by atoms with Crippen LogP contribution in [0.3, 0.4) is 0 Å². The molecule has 16 heavy (non-hydrogen) atoms. The topological polar surface area (TPSA) is 49.6 Å². The molecule has 2 fully saturated rings. The molecule has 0 bridgehead atoms. The van der Waals surface area contributed by atoms with Crippen LogP contribution in [0.5, 0.6) is 0 Å².